The number of nitrogens with zero attached hydrogens (tertiary/aromatic N) is 2. The number of hydrogen-bond donors (Lipinski definition) is 1. The lowest BCUT2D eigenvalue weighted by Gasteiger charge is -2.09. The molecule has 0 aliphatic carbocycles. The van der Waals surface area contributed by atoms with Gasteiger partial charge in [0.15, 0.2) is 5.58 Å². The van der Waals surface area contributed by atoms with E-state index in [-0.39, 0.29) is 21.7 Å². The summed E-state index contributed by atoms with van der Waals surface area (Å²) in [6, 6.07) is 6.79. The summed E-state index contributed by atoms with van der Waals surface area (Å²) < 4.78 is 34.7. The van der Waals surface area contributed by atoms with Crippen LogP contribution in [0.25, 0.3) is 11.1 Å². The van der Waals surface area contributed by atoms with Crippen LogP contribution in [0.15, 0.2) is 55.4 Å². The van der Waals surface area contributed by atoms with Gasteiger partial charge in [0.1, 0.15) is 0 Å². The Labute approximate surface area is 130 Å². The first kappa shape index (κ1) is 15.1. The highest BCUT2D eigenvalue weighted by molar-refractivity contribution is 7.92. The van der Waals surface area contributed by atoms with Crippen molar-refractivity contribution in [3.8, 4) is 0 Å². The van der Waals surface area contributed by atoms with E-state index in [4.69, 9.17) is 4.42 Å². The Hall–Kier alpha value is -2.81. The number of hydrogen-bond acceptors (Lipinski definition) is 5. The van der Waals surface area contributed by atoms with Crippen molar-refractivity contribution in [2.24, 2.45) is 14.1 Å². The van der Waals surface area contributed by atoms with E-state index in [1.165, 1.54) is 59.8 Å². The SMILES string of the molecule is Cn1cc(NS(=O)(=O)c2ccc3c(c2)oc(=O)n3C)ccc1=O. The fourth-order valence-corrected chi connectivity index (χ4v) is 3.21. The van der Waals surface area contributed by atoms with E-state index < -0.39 is 15.8 Å². The predicted molar refractivity (Wildman–Crippen MR) is 83.9 cm³/mol. The molecule has 0 aliphatic rings. The van der Waals surface area contributed by atoms with E-state index in [1.54, 1.807) is 0 Å². The smallest absolute Gasteiger partial charge is 0.408 e. The highest BCUT2D eigenvalue weighted by atomic mass is 32.2. The number of aryl methyl sites for hydroxylation is 2. The Morgan fingerprint density at radius 2 is 1.83 bits per heavy atom. The molecular formula is C14H13N3O5S. The molecule has 9 heteroatoms. The Morgan fingerprint density at radius 3 is 2.52 bits per heavy atom. The van der Waals surface area contributed by atoms with E-state index in [0.717, 1.165) is 0 Å². The summed E-state index contributed by atoms with van der Waals surface area (Å²) in [5.41, 5.74) is 0.680. The second-order valence-electron chi connectivity index (χ2n) is 5.03. The van der Waals surface area contributed by atoms with Crippen LogP contribution in [0.5, 0.6) is 0 Å². The monoisotopic (exact) mass is 335 g/mol. The molecule has 0 spiro atoms. The van der Waals surface area contributed by atoms with Gasteiger partial charge in [0.05, 0.1) is 16.1 Å². The molecule has 2 aromatic heterocycles. The Bertz CT molecular complexity index is 1120. The Kier molecular flexibility index (Phi) is 3.37. The average Bonchev–Trinajstić information content (AvgIpc) is 2.77. The number of oxazole rings is 1. The maximum Gasteiger partial charge on any atom is 0.419 e. The number of sulfonamides is 1. The summed E-state index contributed by atoms with van der Waals surface area (Å²) in [5.74, 6) is -0.569. The van der Waals surface area contributed by atoms with Crippen molar-refractivity contribution in [2.45, 2.75) is 4.90 Å². The van der Waals surface area contributed by atoms with Crippen molar-refractivity contribution >= 4 is 26.8 Å². The van der Waals surface area contributed by atoms with Crippen LogP contribution < -0.4 is 16.0 Å². The number of pyridine rings is 1. The second-order valence-corrected chi connectivity index (χ2v) is 6.71. The molecule has 0 amide bonds. The van der Waals surface area contributed by atoms with Gasteiger partial charge in [-0.3, -0.25) is 14.1 Å². The van der Waals surface area contributed by atoms with Gasteiger partial charge in [0.25, 0.3) is 10.0 Å². The van der Waals surface area contributed by atoms with E-state index >= 15 is 0 Å². The Morgan fingerprint density at radius 1 is 1.09 bits per heavy atom. The summed E-state index contributed by atoms with van der Waals surface area (Å²) in [6.45, 7) is 0. The van der Waals surface area contributed by atoms with Crippen LogP contribution in [0.1, 0.15) is 0 Å². The van der Waals surface area contributed by atoms with Crippen molar-refractivity contribution in [1.29, 1.82) is 0 Å². The minimum absolute atomic E-state index is 0.0480. The number of nitrogens with one attached hydrogen (secondary N) is 1. The molecule has 0 radical (unpaired) electrons. The van der Waals surface area contributed by atoms with Gasteiger partial charge in [-0.1, -0.05) is 0 Å². The molecule has 120 valence electrons. The zero-order chi connectivity index (χ0) is 16.8. The third-order valence-electron chi connectivity index (χ3n) is 3.41. The van der Waals surface area contributed by atoms with Crippen LogP contribution in [0, 0.1) is 0 Å². The van der Waals surface area contributed by atoms with Gasteiger partial charge in [0.2, 0.25) is 5.56 Å². The molecule has 0 atom stereocenters. The first-order chi connectivity index (χ1) is 10.8. The third-order valence-corrected chi connectivity index (χ3v) is 4.79. The van der Waals surface area contributed by atoms with Crippen LogP contribution in [-0.4, -0.2) is 17.6 Å². The van der Waals surface area contributed by atoms with E-state index in [0.29, 0.717) is 5.52 Å². The van der Waals surface area contributed by atoms with E-state index in [1.807, 2.05) is 0 Å². The Balaban J connectivity index is 2.03. The molecule has 0 fully saturated rings. The minimum Gasteiger partial charge on any atom is -0.408 e. The van der Waals surface area contributed by atoms with Gasteiger partial charge in [-0.15, -0.1) is 0 Å². The third kappa shape index (κ3) is 2.66. The summed E-state index contributed by atoms with van der Waals surface area (Å²) in [7, 11) is -0.823. The lowest BCUT2D eigenvalue weighted by atomic mass is 10.3. The van der Waals surface area contributed by atoms with Gasteiger partial charge >= 0.3 is 5.76 Å². The first-order valence-electron chi connectivity index (χ1n) is 6.57. The zero-order valence-electron chi connectivity index (χ0n) is 12.3. The molecule has 1 aromatic carbocycles. The molecule has 0 bridgehead atoms. The van der Waals surface area contributed by atoms with Gasteiger partial charge in [0, 0.05) is 32.4 Å². The summed E-state index contributed by atoms with van der Waals surface area (Å²) in [6.07, 6.45) is 1.38. The summed E-state index contributed by atoms with van der Waals surface area (Å²) >= 11 is 0. The van der Waals surface area contributed by atoms with Crippen molar-refractivity contribution in [3.05, 3.63) is 57.4 Å². The molecule has 0 saturated heterocycles. The number of aromatic nitrogens is 2. The zero-order valence-corrected chi connectivity index (χ0v) is 13.1. The number of fused-ring (bicyclic) bond motifs is 1. The van der Waals surface area contributed by atoms with Crippen LogP contribution in [0.2, 0.25) is 0 Å². The van der Waals surface area contributed by atoms with Crippen molar-refractivity contribution < 1.29 is 12.8 Å². The first-order valence-corrected chi connectivity index (χ1v) is 8.05. The summed E-state index contributed by atoms with van der Waals surface area (Å²) in [4.78, 5) is 22.7. The van der Waals surface area contributed by atoms with Gasteiger partial charge in [-0.05, 0) is 18.2 Å². The van der Waals surface area contributed by atoms with Crippen LogP contribution in [0.4, 0.5) is 5.69 Å². The molecule has 0 saturated carbocycles. The average molecular weight is 335 g/mol. The van der Waals surface area contributed by atoms with Crippen LogP contribution in [0.3, 0.4) is 0 Å². The molecule has 23 heavy (non-hydrogen) atoms. The summed E-state index contributed by atoms with van der Waals surface area (Å²) in [5, 5.41) is 0. The highest BCUT2D eigenvalue weighted by Crippen LogP contribution is 2.20. The number of benzene rings is 1. The van der Waals surface area contributed by atoms with Gasteiger partial charge in [-0.25, -0.2) is 13.2 Å². The van der Waals surface area contributed by atoms with Gasteiger partial charge < -0.3 is 8.98 Å². The van der Waals surface area contributed by atoms with Crippen molar-refractivity contribution in [3.63, 3.8) is 0 Å². The topological polar surface area (TPSA) is 103 Å². The highest BCUT2D eigenvalue weighted by Gasteiger charge is 2.17. The van der Waals surface area contributed by atoms with E-state index in [2.05, 4.69) is 4.72 Å². The fourth-order valence-electron chi connectivity index (χ4n) is 2.15. The molecule has 8 nitrogen and oxygen atoms in total. The molecule has 2 heterocycles. The molecule has 3 aromatic rings. The van der Waals surface area contributed by atoms with Crippen molar-refractivity contribution in [1.82, 2.24) is 9.13 Å². The molecule has 0 aliphatic heterocycles. The van der Waals surface area contributed by atoms with Crippen molar-refractivity contribution in [2.75, 3.05) is 4.72 Å². The van der Waals surface area contributed by atoms with E-state index in [9.17, 15) is 18.0 Å². The minimum atomic E-state index is -3.87. The maximum absolute atomic E-state index is 12.4. The quantitative estimate of drug-likeness (QED) is 0.756. The second kappa shape index (κ2) is 5.13. The standard InChI is InChI=1S/C14H13N3O5S/c1-16-8-9(3-6-13(16)18)15-23(20,21)10-4-5-11-12(7-10)22-14(19)17(11)2/h3-8,15H,1-2H3. The predicted octanol–water partition coefficient (Wildman–Crippen LogP) is 0.631. The largest absolute Gasteiger partial charge is 0.419 e. The number of anilines is 1. The van der Waals surface area contributed by atoms with Crippen LogP contribution >= 0.6 is 0 Å². The van der Waals surface area contributed by atoms with Gasteiger partial charge in [-0.2, -0.15) is 0 Å². The molecule has 0 unspecified atom stereocenters. The molecular weight excluding hydrogens is 322 g/mol. The lowest BCUT2D eigenvalue weighted by molar-refractivity contribution is 0.527. The van der Waals surface area contributed by atoms with Crippen LogP contribution in [-0.2, 0) is 24.1 Å². The normalized spacial score (nSPS) is 11.7. The lowest BCUT2D eigenvalue weighted by Crippen LogP contribution is -2.18. The maximum atomic E-state index is 12.4. The molecule has 3 rings (SSSR count). The fraction of sp³-hybridized carbons (Fsp3) is 0.143. The molecule has 1 N–H and O–H groups in total. The number of rotatable bonds is 3.